The molecule has 1 aliphatic heterocycles. The van der Waals surface area contributed by atoms with Crippen LogP contribution >= 0.6 is 0 Å². The van der Waals surface area contributed by atoms with E-state index >= 15 is 0 Å². The summed E-state index contributed by atoms with van der Waals surface area (Å²) in [5.74, 6) is -0.142. The molecule has 0 aromatic carbocycles. The Hall–Kier alpha value is -1.57. The third-order valence-corrected chi connectivity index (χ3v) is 3.19. The molecule has 0 saturated carbocycles. The van der Waals surface area contributed by atoms with Gasteiger partial charge < -0.3 is 10.3 Å². The first-order valence-electron chi connectivity index (χ1n) is 5.97. The van der Waals surface area contributed by atoms with Crippen LogP contribution in [0.1, 0.15) is 18.7 Å². The molecule has 2 rings (SSSR count). The molecule has 1 fully saturated rings. The van der Waals surface area contributed by atoms with Crippen LogP contribution in [0.2, 0.25) is 0 Å². The Bertz CT molecular complexity index is 457. The monoisotopic (exact) mass is 276 g/mol. The molecule has 0 spiro atoms. The Balaban J connectivity index is 2.07. The highest BCUT2D eigenvalue weighted by Gasteiger charge is 2.32. The van der Waals surface area contributed by atoms with Gasteiger partial charge in [0.1, 0.15) is 12.4 Å². The summed E-state index contributed by atoms with van der Waals surface area (Å²) >= 11 is 0. The number of likely N-dealkylation sites (tertiary alicyclic amines) is 1. The lowest BCUT2D eigenvalue weighted by Crippen LogP contribution is -2.40. The quantitative estimate of drug-likeness (QED) is 0.888. The molecular weight excluding hydrogens is 261 g/mol. The minimum Gasteiger partial charge on any atom is -0.368 e. The van der Waals surface area contributed by atoms with Crippen LogP contribution in [0.4, 0.5) is 13.2 Å². The fourth-order valence-corrected chi connectivity index (χ4v) is 2.35. The van der Waals surface area contributed by atoms with Gasteiger partial charge in [-0.15, -0.1) is 0 Å². The number of primary amides is 1. The smallest absolute Gasteiger partial charge is 0.368 e. The van der Waals surface area contributed by atoms with Gasteiger partial charge in [-0.05, 0) is 19.4 Å². The topological polar surface area (TPSA) is 64.2 Å². The Kier molecular flexibility index (Phi) is 3.79. The van der Waals surface area contributed by atoms with Crippen molar-refractivity contribution in [1.29, 1.82) is 0 Å². The van der Waals surface area contributed by atoms with E-state index in [0.717, 1.165) is 11.0 Å². The Morgan fingerprint density at radius 3 is 2.89 bits per heavy atom. The number of nitrogens with zero attached hydrogens (tertiary/aromatic N) is 3. The molecule has 1 unspecified atom stereocenters. The minimum atomic E-state index is -4.29. The molecular formula is C11H15F3N4O. The Morgan fingerprint density at radius 2 is 2.26 bits per heavy atom. The summed E-state index contributed by atoms with van der Waals surface area (Å²) < 4.78 is 38.2. The van der Waals surface area contributed by atoms with Gasteiger partial charge in [-0.2, -0.15) is 13.2 Å². The molecule has 1 aliphatic rings. The van der Waals surface area contributed by atoms with Crippen molar-refractivity contribution in [3.05, 3.63) is 18.2 Å². The fourth-order valence-electron chi connectivity index (χ4n) is 2.35. The summed E-state index contributed by atoms with van der Waals surface area (Å²) in [5, 5.41) is 0. The predicted octanol–water partition coefficient (Wildman–Crippen LogP) is 0.895. The van der Waals surface area contributed by atoms with Crippen LogP contribution in [-0.4, -0.2) is 39.1 Å². The van der Waals surface area contributed by atoms with E-state index in [-0.39, 0.29) is 6.54 Å². The number of rotatable bonds is 4. The van der Waals surface area contributed by atoms with Gasteiger partial charge >= 0.3 is 6.18 Å². The lowest BCUT2D eigenvalue weighted by atomic mass is 10.2. The van der Waals surface area contributed by atoms with E-state index in [1.165, 1.54) is 12.4 Å². The van der Waals surface area contributed by atoms with Gasteiger partial charge in [-0.3, -0.25) is 9.69 Å². The van der Waals surface area contributed by atoms with Gasteiger partial charge in [-0.25, -0.2) is 4.98 Å². The highest BCUT2D eigenvalue weighted by molar-refractivity contribution is 5.80. The predicted molar refractivity (Wildman–Crippen MR) is 60.9 cm³/mol. The lowest BCUT2D eigenvalue weighted by molar-refractivity contribution is -0.141. The molecule has 0 bridgehead atoms. The van der Waals surface area contributed by atoms with Gasteiger partial charge in [0.15, 0.2) is 0 Å². The zero-order chi connectivity index (χ0) is 14.0. The standard InChI is InChI=1S/C11H15F3N4O/c12-11(13,14)7-18-5-3-16-9(18)6-17-4-1-2-8(17)10(15)19/h3,5,8H,1-2,4,6-7H2,(H2,15,19). The summed E-state index contributed by atoms with van der Waals surface area (Å²) in [6.07, 6.45) is -0.207. The molecule has 5 nitrogen and oxygen atoms in total. The normalized spacial score (nSPS) is 20.9. The first kappa shape index (κ1) is 13.9. The van der Waals surface area contributed by atoms with Crippen LogP contribution in [0.3, 0.4) is 0 Å². The van der Waals surface area contributed by atoms with Crippen LogP contribution in [0.25, 0.3) is 0 Å². The molecule has 8 heteroatoms. The molecule has 1 saturated heterocycles. The Labute approximate surface area is 108 Å². The molecule has 106 valence electrons. The summed E-state index contributed by atoms with van der Waals surface area (Å²) in [4.78, 5) is 16.9. The van der Waals surface area contributed by atoms with E-state index in [2.05, 4.69) is 4.98 Å². The number of carbonyl (C=O) groups excluding carboxylic acids is 1. The van der Waals surface area contributed by atoms with Gasteiger partial charge in [0.05, 0.1) is 12.6 Å². The summed E-state index contributed by atoms with van der Waals surface area (Å²) in [6, 6.07) is -0.406. The first-order valence-corrected chi connectivity index (χ1v) is 5.97. The molecule has 0 radical (unpaired) electrons. The van der Waals surface area contributed by atoms with E-state index in [1.807, 2.05) is 0 Å². The van der Waals surface area contributed by atoms with Crippen molar-refractivity contribution in [2.75, 3.05) is 6.54 Å². The van der Waals surface area contributed by atoms with E-state index < -0.39 is 24.7 Å². The summed E-state index contributed by atoms with van der Waals surface area (Å²) in [7, 11) is 0. The number of halogens is 3. The molecule has 1 aromatic heterocycles. The molecule has 2 N–H and O–H groups in total. The number of hydrogen-bond acceptors (Lipinski definition) is 3. The number of aromatic nitrogens is 2. The number of imidazole rings is 1. The van der Waals surface area contributed by atoms with Crippen molar-refractivity contribution < 1.29 is 18.0 Å². The lowest BCUT2D eigenvalue weighted by Gasteiger charge is -2.22. The zero-order valence-electron chi connectivity index (χ0n) is 10.2. The molecule has 2 heterocycles. The van der Waals surface area contributed by atoms with E-state index in [9.17, 15) is 18.0 Å². The molecule has 1 aromatic rings. The fraction of sp³-hybridized carbons (Fsp3) is 0.636. The maximum absolute atomic E-state index is 12.4. The number of alkyl halides is 3. The van der Waals surface area contributed by atoms with Crippen LogP contribution < -0.4 is 5.73 Å². The van der Waals surface area contributed by atoms with Crippen LogP contribution in [-0.2, 0) is 17.9 Å². The van der Waals surface area contributed by atoms with Gasteiger partial charge in [0.2, 0.25) is 5.91 Å². The largest absolute Gasteiger partial charge is 0.406 e. The molecule has 1 amide bonds. The summed E-state index contributed by atoms with van der Waals surface area (Å²) in [5.41, 5.74) is 5.27. The van der Waals surface area contributed by atoms with Crippen molar-refractivity contribution >= 4 is 5.91 Å². The van der Waals surface area contributed by atoms with E-state index in [1.54, 1.807) is 4.90 Å². The van der Waals surface area contributed by atoms with E-state index in [0.29, 0.717) is 18.8 Å². The third kappa shape index (κ3) is 3.46. The zero-order valence-corrected chi connectivity index (χ0v) is 10.2. The second kappa shape index (κ2) is 5.20. The third-order valence-electron chi connectivity index (χ3n) is 3.19. The van der Waals surface area contributed by atoms with Crippen molar-refractivity contribution in [3.63, 3.8) is 0 Å². The molecule has 0 aliphatic carbocycles. The average molecular weight is 276 g/mol. The van der Waals surface area contributed by atoms with Gasteiger partial charge in [0, 0.05) is 12.4 Å². The number of carbonyl (C=O) groups is 1. The van der Waals surface area contributed by atoms with Crippen molar-refractivity contribution in [2.45, 2.75) is 38.1 Å². The highest BCUT2D eigenvalue weighted by Crippen LogP contribution is 2.22. The van der Waals surface area contributed by atoms with Crippen LogP contribution in [0.5, 0.6) is 0 Å². The second-order valence-corrected chi connectivity index (χ2v) is 4.62. The number of nitrogens with two attached hydrogens (primary N) is 1. The van der Waals surface area contributed by atoms with Gasteiger partial charge in [-0.1, -0.05) is 0 Å². The summed E-state index contributed by atoms with van der Waals surface area (Å²) in [6.45, 7) is -0.222. The van der Waals surface area contributed by atoms with Crippen molar-refractivity contribution in [3.8, 4) is 0 Å². The van der Waals surface area contributed by atoms with Crippen LogP contribution in [0, 0.1) is 0 Å². The van der Waals surface area contributed by atoms with E-state index in [4.69, 9.17) is 5.73 Å². The van der Waals surface area contributed by atoms with Crippen LogP contribution in [0.15, 0.2) is 12.4 Å². The first-order chi connectivity index (χ1) is 8.87. The Morgan fingerprint density at radius 1 is 1.53 bits per heavy atom. The maximum atomic E-state index is 12.4. The average Bonchev–Trinajstić information content (AvgIpc) is 2.87. The molecule has 1 atom stereocenters. The minimum absolute atomic E-state index is 0.205. The van der Waals surface area contributed by atoms with Gasteiger partial charge in [0.25, 0.3) is 0 Å². The maximum Gasteiger partial charge on any atom is 0.406 e. The number of amides is 1. The second-order valence-electron chi connectivity index (χ2n) is 4.62. The SMILES string of the molecule is NC(=O)C1CCCN1Cc1nccn1CC(F)(F)F. The van der Waals surface area contributed by atoms with Crippen molar-refractivity contribution in [1.82, 2.24) is 14.5 Å². The highest BCUT2D eigenvalue weighted by atomic mass is 19.4. The van der Waals surface area contributed by atoms with Crippen molar-refractivity contribution in [2.24, 2.45) is 5.73 Å². The number of hydrogen-bond donors (Lipinski definition) is 1. The molecule has 19 heavy (non-hydrogen) atoms.